The summed E-state index contributed by atoms with van der Waals surface area (Å²) in [5.74, 6) is 0.498. The standard InChI is InChI=1S/C25H37N3O3/c1-31-16-8-15-27(18-20-9-7-14-26-13-6-5-12-23(20)26)25(30)21-17-24(29)28(19-21)22-10-3-2-4-11-22/h2-4,10-11,20-21,23H,5-9,12-19H2,1H3/t20-,21+,23-/m0/s1. The van der Waals surface area contributed by atoms with Gasteiger partial charge in [0.05, 0.1) is 5.92 Å². The van der Waals surface area contributed by atoms with Crippen LogP contribution in [0.4, 0.5) is 5.69 Å². The van der Waals surface area contributed by atoms with Gasteiger partial charge in [-0.15, -0.1) is 0 Å². The topological polar surface area (TPSA) is 53.1 Å². The van der Waals surface area contributed by atoms with E-state index in [0.717, 1.165) is 18.7 Å². The highest BCUT2D eigenvalue weighted by Crippen LogP contribution is 2.32. The molecule has 0 spiro atoms. The van der Waals surface area contributed by atoms with Crippen LogP contribution in [0.25, 0.3) is 0 Å². The summed E-state index contributed by atoms with van der Waals surface area (Å²) in [6.45, 7) is 5.10. The van der Waals surface area contributed by atoms with E-state index in [1.165, 1.54) is 45.2 Å². The number of carbonyl (C=O) groups excluding carboxylic acids is 2. The molecule has 0 unspecified atom stereocenters. The molecule has 3 atom stereocenters. The molecule has 3 saturated heterocycles. The summed E-state index contributed by atoms with van der Waals surface area (Å²) in [7, 11) is 1.71. The van der Waals surface area contributed by atoms with Crippen molar-refractivity contribution in [2.45, 2.75) is 51.0 Å². The van der Waals surface area contributed by atoms with Crippen molar-refractivity contribution in [1.29, 1.82) is 0 Å². The molecule has 0 N–H and O–H groups in total. The van der Waals surface area contributed by atoms with E-state index >= 15 is 0 Å². The van der Waals surface area contributed by atoms with Crippen LogP contribution in [0.3, 0.4) is 0 Å². The number of fused-ring (bicyclic) bond motifs is 1. The number of para-hydroxylation sites is 1. The van der Waals surface area contributed by atoms with Gasteiger partial charge in [-0.05, 0) is 63.2 Å². The van der Waals surface area contributed by atoms with Crippen molar-refractivity contribution in [3.63, 3.8) is 0 Å². The summed E-state index contributed by atoms with van der Waals surface area (Å²) >= 11 is 0. The lowest BCUT2D eigenvalue weighted by Gasteiger charge is -2.46. The van der Waals surface area contributed by atoms with E-state index in [1.54, 1.807) is 12.0 Å². The summed E-state index contributed by atoms with van der Waals surface area (Å²) < 4.78 is 5.26. The second-order valence-corrected chi connectivity index (χ2v) is 9.37. The molecule has 6 heteroatoms. The SMILES string of the molecule is COCCCN(C[C@@H]1CCCN2CCCC[C@@H]12)C(=O)[C@@H]1CC(=O)N(c2ccccc2)C1. The highest BCUT2D eigenvalue weighted by molar-refractivity contribution is 6.00. The zero-order chi connectivity index (χ0) is 21.6. The van der Waals surface area contributed by atoms with Crippen LogP contribution in [0.5, 0.6) is 0 Å². The lowest BCUT2D eigenvalue weighted by atomic mass is 9.83. The van der Waals surface area contributed by atoms with Crippen molar-refractivity contribution in [3.8, 4) is 0 Å². The van der Waals surface area contributed by atoms with Crippen LogP contribution in [0, 0.1) is 11.8 Å². The zero-order valence-electron chi connectivity index (χ0n) is 18.9. The largest absolute Gasteiger partial charge is 0.385 e. The number of ether oxygens (including phenoxy) is 1. The minimum atomic E-state index is -0.249. The van der Waals surface area contributed by atoms with Crippen LogP contribution in [-0.4, -0.2) is 74.1 Å². The van der Waals surface area contributed by atoms with E-state index in [-0.39, 0.29) is 17.7 Å². The number of rotatable bonds is 8. The Morgan fingerprint density at radius 2 is 1.94 bits per heavy atom. The molecule has 0 bridgehead atoms. The monoisotopic (exact) mass is 427 g/mol. The van der Waals surface area contributed by atoms with Crippen molar-refractivity contribution >= 4 is 17.5 Å². The van der Waals surface area contributed by atoms with Crippen molar-refractivity contribution in [1.82, 2.24) is 9.80 Å². The maximum atomic E-state index is 13.6. The second kappa shape index (κ2) is 10.6. The molecule has 1 aromatic carbocycles. The molecule has 0 aliphatic carbocycles. The molecule has 3 aliphatic heterocycles. The maximum Gasteiger partial charge on any atom is 0.228 e. The highest BCUT2D eigenvalue weighted by Gasteiger charge is 2.39. The molecule has 3 heterocycles. The van der Waals surface area contributed by atoms with Crippen molar-refractivity contribution < 1.29 is 14.3 Å². The average molecular weight is 428 g/mol. The summed E-state index contributed by atoms with van der Waals surface area (Å²) in [5.41, 5.74) is 0.888. The third-order valence-electron chi connectivity index (χ3n) is 7.31. The van der Waals surface area contributed by atoms with E-state index in [9.17, 15) is 9.59 Å². The number of nitrogens with zero attached hydrogens (tertiary/aromatic N) is 3. The van der Waals surface area contributed by atoms with Crippen LogP contribution in [-0.2, 0) is 14.3 Å². The molecule has 6 nitrogen and oxygen atoms in total. The molecule has 4 rings (SSSR count). The Morgan fingerprint density at radius 1 is 1.13 bits per heavy atom. The van der Waals surface area contributed by atoms with Gasteiger partial charge >= 0.3 is 0 Å². The van der Waals surface area contributed by atoms with Crippen LogP contribution in [0.15, 0.2) is 30.3 Å². The number of carbonyl (C=O) groups is 2. The first kappa shape index (κ1) is 22.3. The lowest BCUT2D eigenvalue weighted by molar-refractivity contribution is -0.137. The molecule has 0 saturated carbocycles. The number of anilines is 1. The van der Waals surface area contributed by atoms with E-state index in [1.807, 2.05) is 30.3 Å². The molecule has 3 aliphatic rings. The van der Waals surface area contributed by atoms with Gasteiger partial charge in [0.15, 0.2) is 0 Å². The van der Waals surface area contributed by atoms with E-state index in [2.05, 4.69) is 9.80 Å². The third kappa shape index (κ3) is 5.29. The van der Waals surface area contributed by atoms with Crippen molar-refractivity contribution in [2.24, 2.45) is 11.8 Å². The van der Waals surface area contributed by atoms with Gasteiger partial charge in [0.1, 0.15) is 0 Å². The molecule has 31 heavy (non-hydrogen) atoms. The smallest absolute Gasteiger partial charge is 0.228 e. The Hall–Kier alpha value is -1.92. The first-order valence-electron chi connectivity index (χ1n) is 12.0. The Bertz CT molecular complexity index is 739. The first-order valence-corrected chi connectivity index (χ1v) is 12.0. The van der Waals surface area contributed by atoms with Gasteiger partial charge < -0.3 is 19.4 Å². The second-order valence-electron chi connectivity index (χ2n) is 9.37. The summed E-state index contributed by atoms with van der Waals surface area (Å²) in [6.07, 6.45) is 7.45. The van der Waals surface area contributed by atoms with Gasteiger partial charge in [-0.2, -0.15) is 0 Å². The van der Waals surface area contributed by atoms with Gasteiger partial charge in [-0.25, -0.2) is 0 Å². The minimum Gasteiger partial charge on any atom is -0.385 e. The fraction of sp³-hybridized carbons (Fsp3) is 0.680. The molecule has 1 aromatic rings. The van der Waals surface area contributed by atoms with Gasteiger partial charge in [0.25, 0.3) is 0 Å². The van der Waals surface area contributed by atoms with Crippen molar-refractivity contribution in [2.75, 3.05) is 51.3 Å². The number of hydrogen-bond acceptors (Lipinski definition) is 4. The van der Waals surface area contributed by atoms with Crippen molar-refractivity contribution in [3.05, 3.63) is 30.3 Å². The van der Waals surface area contributed by atoms with Crippen LogP contribution in [0.1, 0.15) is 44.9 Å². The lowest BCUT2D eigenvalue weighted by Crippen LogP contribution is -2.52. The Labute approximate surface area is 186 Å². The average Bonchev–Trinajstić information content (AvgIpc) is 3.20. The predicted octanol–water partition coefficient (Wildman–Crippen LogP) is 3.17. The Kier molecular flexibility index (Phi) is 7.62. The number of benzene rings is 1. The minimum absolute atomic E-state index is 0.0533. The summed E-state index contributed by atoms with van der Waals surface area (Å²) in [4.78, 5) is 32.8. The third-order valence-corrected chi connectivity index (χ3v) is 7.31. The molecule has 0 aromatic heterocycles. The number of amides is 2. The molecule has 170 valence electrons. The summed E-state index contributed by atoms with van der Waals surface area (Å²) in [6, 6.07) is 10.3. The number of methoxy groups -OCH3 is 1. The fourth-order valence-electron chi connectivity index (χ4n) is 5.75. The molecule has 2 amide bonds. The summed E-state index contributed by atoms with van der Waals surface area (Å²) in [5, 5.41) is 0. The van der Waals surface area contributed by atoms with Crippen LogP contribution in [0.2, 0.25) is 0 Å². The zero-order valence-corrected chi connectivity index (χ0v) is 18.9. The van der Waals surface area contributed by atoms with E-state index in [4.69, 9.17) is 4.74 Å². The molecular weight excluding hydrogens is 390 g/mol. The molecule has 0 radical (unpaired) electrons. The predicted molar refractivity (Wildman–Crippen MR) is 122 cm³/mol. The molecular formula is C25H37N3O3. The van der Waals surface area contributed by atoms with Gasteiger partial charge in [0.2, 0.25) is 11.8 Å². The molecule has 3 fully saturated rings. The Morgan fingerprint density at radius 3 is 2.74 bits per heavy atom. The number of hydrogen-bond donors (Lipinski definition) is 0. The quantitative estimate of drug-likeness (QED) is 0.598. The first-order chi connectivity index (χ1) is 15.2. The number of piperidine rings is 2. The van der Waals surface area contributed by atoms with Crippen LogP contribution >= 0.6 is 0 Å². The van der Waals surface area contributed by atoms with Gasteiger partial charge in [0, 0.05) is 51.5 Å². The van der Waals surface area contributed by atoms with E-state index < -0.39 is 0 Å². The van der Waals surface area contributed by atoms with Gasteiger partial charge in [-0.1, -0.05) is 24.6 Å². The van der Waals surface area contributed by atoms with Gasteiger partial charge in [-0.3, -0.25) is 9.59 Å². The fourth-order valence-corrected chi connectivity index (χ4v) is 5.75. The maximum absolute atomic E-state index is 13.6. The highest BCUT2D eigenvalue weighted by atomic mass is 16.5. The normalized spacial score (nSPS) is 26.7. The Balaban J connectivity index is 1.44. The van der Waals surface area contributed by atoms with Crippen LogP contribution < -0.4 is 4.90 Å². The van der Waals surface area contributed by atoms with E-state index in [0.29, 0.717) is 38.1 Å².